The van der Waals surface area contributed by atoms with E-state index in [-0.39, 0.29) is 5.97 Å². The van der Waals surface area contributed by atoms with Gasteiger partial charge in [0.05, 0.1) is 13.2 Å². The molecule has 0 aromatic heterocycles. The van der Waals surface area contributed by atoms with Gasteiger partial charge in [-0.15, -0.1) is 6.58 Å². The second-order valence-electron chi connectivity index (χ2n) is 5.25. The van der Waals surface area contributed by atoms with E-state index in [0.29, 0.717) is 72.3 Å². The molecule has 0 amide bonds. The van der Waals surface area contributed by atoms with E-state index in [4.69, 9.17) is 23.8 Å². The smallest absolute Gasteiger partial charge is 0.342 e. The second-order valence-corrected chi connectivity index (χ2v) is 5.25. The number of rotatable bonds is 20. The van der Waals surface area contributed by atoms with Crippen molar-refractivity contribution in [2.45, 2.75) is 39.0 Å². The molecule has 0 rings (SSSR count). The van der Waals surface area contributed by atoms with Gasteiger partial charge in [0.25, 0.3) is 0 Å². The van der Waals surface area contributed by atoms with E-state index in [1.807, 2.05) is 0 Å². The molecule has 0 fully saturated rings. The highest BCUT2D eigenvalue weighted by atomic mass is 17.2. The molecule has 7 nitrogen and oxygen atoms in total. The van der Waals surface area contributed by atoms with Gasteiger partial charge >= 0.3 is 5.97 Å². The third kappa shape index (κ3) is 21.0. The van der Waals surface area contributed by atoms with Gasteiger partial charge in [-0.25, -0.2) is 4.79 Å². The highest BCUT2D eigenvalue weighted by Crippen LogP contribution is 1.93. The van der Waals surface area contributed by atoms with E-state index < -0.39 is 0 Å². The van der Waals surface area contributed by atoms with Gasteiger partial charge in [-0.05, 0) is 25.7 Å². The van der Waals surface area contributed by atoms with Crippen LogP contribution in [0, 0.1) is 0 Å². The Labute approximate surface area is 151 Å². The summed E-state index contributed by atoms with van der Waals surface area (Å²) in [5.74, 6) is -0.360. The first-order chi connectivity index (χ1) is 12.3. The lowest BCUT2D eigenvalue weighted by Gasteiger charge is -2.07. The Morgan fingerprint density at radius 3 is 1.64 bits per heavy atom. The number of hydrogen-bond donors (Lipinski definition) is 0. The highest BCUT2D eigenvalue weighted by Gasteiger charge is 1.98. The minimum atomic E-state index is -0.360. The van der Waals surface area contributed by atoms with E-state index >= 15 is 0 Å². The molecule has 0 saturated heterocycles. The quantitative estimate of drug-likeness (QED) is 0.143. The van der Waals surface area contributed by atoms with E-state index in [2.05, 4.69) is 11.5 Å². The maximum atomic E-state index is 10.8. The maximum absolute atomic E-state index is 10.8. The van der Waals surface area contributed by atoms with Crippen LogP contribution in [-0.2, 0) is 33.5 Å². The average Bonchev–Trinajstić information content (AvgIpc) is 2.63. The summed E-state index contributed by atoms with van der Waals surface area (Å²) in [5.41, 5.74) is 0. The Balaban J connectivity index is 3.00. The van der Waals surface area contributed by atoms with Crippen LogP contribution in [0.3, 0.4) is 0 Å². The molecule has 0 N–H and O–H groups in total. The molecular weight excluding hydrogens is 328 g/mol. The first-order valence-corrected chi connectivity index (χ1v) is 9.05. The van der Waals surface area contributed by atoms with Crippen LogP contribution in [0.25, 0.3) is 0 Å². The van der Waals surface area contributed by atoms with Gasteiger partial charge in [-0.1, -0.05) is 13.0 Å². The van der Waals surface area contributed by atoms with Gasteiger partial charge in [-0.3, -0.25) is 4.89 Å². The van der Waals surface area contributed by atoms with Crippen LogP contribution in [0.15, 0.2) is 12.7 Å². The van der Waals surface area contributed by atoms with Crippen LogP contribution in [0.4, 0.5) is 0 Å². The van der Waals surface area contributed by atoms with Crippen LogP contribution >= 0.6 is 0 Å². The zero-order chi connectivity index (χ0) is 18.4. The number of ether oxygens (including phenoxy) is 4. The molecule has 25 heavy (non-hydrogen) atoms. The first kappa shape index (κ1) is 24.0. The molecule has 0 bridgehead atoms. The number of hydrogen-bond acceptors (Lipinski definition) is 7. The highest BCUT2D eigenvalue weighted by molar-refractivity contribution is 5.68. The SMILES string of the molecule is C=CCOCCCOCCCOCCCOCCCOOC(=O)CC. The average molecular weight is 362 g/mol. The maximum Gasteiger partial charge on any atom is 0.342 e. The number of carbonyl (C=O) groups excluding carboxylic acids is 1. The molecule has 148 valence electrons. The largest absolute Gasteiger partial charge is 0.381 e. The zero-order valence-corrected chi connectivity index (χ0v) is 15.5. The van der Waals surface area contributed by atoms with Crippen molar-refractivity contribution >= 4 is 5.97 Å². The summed E-state index contributed by atoms with van der Waals surface area (Å²) in [6, 6.07) is 0. The van der Waals surface area contributed by atoms with Crippen molar-refractivity contribution in [3.8, 4) is 0 Å². The standard InChI is InChI=1S/C18H34O7/c1-3-9-20-10-5-11-21-12-6-13-22-14-7-15-23-16-8-17-24-25-18(19)4-2/h3H,1,4-17H2,2H3. The van der Waals surface area contributed by atoms with Crippen molar-refractivity contribution in [2.75, 3.05) is 59.5 Å². The monoisotopic (exact) mass is 362 g/mol. The summed E-state index contributed by atoms with van der Waals surface area (Å²) < 4.78 is 21.7. The molecule has 0 aromatic rings. The van der Waals surface area contributed by atoms with Gasteiger partial charge in [0.2, 0.25) is 0 Å². The molecule has 0 atom stereocenters. The molecule has 0 spiro atoms. The predicted molar refractivity (Wildman–Crippen MR) is 94.3 cm³/mol. The Morgan fingerprint density at radius 2 is 1.20 bits per heavy atom. The molecule has 0 radical (unpaired) electrons. The van der Waals surface area contributed by atoms with Gasteiger partial charge in [0, 0.05) is 52.7 Å². The van der Waals surface area contributed by atoms with Crippen LogP contribution in [0.1, 0.15) is 39.0 Å². The number of carbonyl (C=O) groups is 1. The Bertz CT molecular complexity index is 297. The minimum absolute atomic E-state index is 0.313. The van der Waals surface area contributed by atoms with Crippen molar-refractivity contribution in [1.82, 2.24) is 0 Å². The molecule has 0 aromatic carbocycles. The first-order valence-electron chi connectivity index (χ1n) is 9.05. The third-order valence-corrected chi connectivity index (χ3v) is 2.92. The minimum Gasteiger partial charge on any atom is -0.381 e. The molecule has 7 heteroatoms. The summed E-state index contributed by atoms with van der Waals surface area (Å²) in [4.78, 5) is 20.0. The second kappa shape index (κ2) is 21.1. The Hall–Kier alpha value is -0.990. The fourth-order valence-corrected chi connectivity index (χ4v) is 1.65. The Morgan fingerprint density at radius 1 is 0.760 bits per heavy atom. The van der Waals surface area contributed by atoms with E-state index in [1.54, 1.807) is 13.0 Å². The van der Waals surface area contributed by atoms with Gasteiger partial charge in [-0.2, -0.15) is 4.89 Å². The van der Waals surface area contributed by atoms with Crippen LogP contribution < -0.4 is 0 Å². The molecular formula is C18H34O7. The van der Waals surface area contributed by atoms with Crippen molar-refractivity contribution in [2.24, 2.45) is 0 Å². The summed E-state index contributed by atoms with van der Waals surface area (Å²) >= 11 is 0. The van der Waals surface area contributed by atoms with Gasteiger partial charge in [0.15, 0.2) is 0 Å². The van der Waals surface area contributed by atoms with Crippen LogP contribution in [0.2, 0.25) is 0 Å². The van der Waals surface area contributed by atoms with Crippen LogP contribution in [-0.4, -0.2) is 65.4 Å². The molecule has 0 aliphatic rings. The van der Waals surface area contributed by atoms with Crippen molar-refractivity contribution < 1.29 is 33.5 Å². The fourth-order valence-electron chi connectivity index (χ4n) is 1.65. The fraction of sp³-hybridized carbons (Fsp3) is 0.833. The van der Waals surface area contributed by atoms with E-state index in [1.165, 1.54) is 0 Å². The molecule has 0 aliphatic heterocycles. The predicted octanol–water partition coefficient (Wildman–Crippen LogP) is 2.68. The van der Waals surface area contributed by atoms with Crippen molar-refractivity contribution in [3.63, 3.8) is 0 Å². The summed E-state index contributed by atoms with van der Waals surface area (Å²) in [5, 5.41) is 0. The zero-order valence-electron chi connectivity index (χ0n) is 15.5. The van der Waals surface area contributed by atoms with Gasteiger partial charge in [0.1, 0.15) is 0 Å². The molecule has 0 unspecified atom stereocenters. The van der Waals surface area contributed by atoms with Crippen molar-refractivity contribution in [3.05, 3.63) is 12.7 Å². The summed E-state index contributed by atoms with van der Waals surface area (Å²) in [6.07, 6.45) is 5.39. The topological polar surface area (TPSA) is 72.5 Å². The molecule has 0 saturated carbocycles. The van der Waals surface area contributed by atoms with Crippen LogP contribution in [0.5, 0.6) is 0 Å². The van der Waals surface area contributed by atoms with E-state index in [0.717, 1.165) is 19.3 Å². The van der Waals surface area contributed by atoms with E-state index in [9.17, 15) is 4.79 Å². The molecule has 0 heterocycles. The summed E-state index contributed by atoms with van der Waals surface area (Å²) in [6.45, 7) is 11.0. The normalized spacial score (nSPS) is 10.8. The van der Waals surface area contributed by atoms with Crippen molar-refractivity contribution in [1.29, 1.82) is 0 Å². The molecule has 0 aliphatic carbocycles. The lowest BCUT2D eigenvalue weighted by molar-refractivity contribution is -0.273. The summed E-state index contributed by atoms with van der Waals surface area (Å²) in [7, 11) is 0. The lowest BCUT2D eigenvalue weighted by Crippen LogP contribution is -2.08. The third-order valence-electron chi connectivity index (χ3n) is 2.92. The lowest BCUT2D eigenvalue weighted by atomic mass is 10.4. The Kier molecular flexibility index (Phi) is 20.2. The van der Waals surface area contributed by atoms with Gasteiger partial charge < -0.3 is 18.9 Å².